The molecule has 3 heterocycles. The molecule has 2 aromatic heterocycles. The van der Waals surface area contributed by atoms with Crippen molar-refractivity contribution in [2.24, 2.45) is 11.8 Å². The molecule has 0 bridgehead atoms. The van der Waals surface area contributed by atoms with Crippen LogP contribution in [0.4, 0.5) is 0 Å². The molecule has 3 aromatic rings. The van der Waals surface area contributed by atoms with Gasteiger partial charge in [0.1, 0.15) is 12.1 Å². The van der Waals surface area contributed by atoms with Gasteiger partial charge in [-0.1, -0.05) is 0 Å². The lowest BCUT2D eigenvalue weighted by Gasteiger charge is -2.38. The Bertz CT molecular complexity index is 1080. The normalized spacial score (nSPS) is 18.7. The number of rotatable bonds is 11. The standard InChI is InChI=1S/C27H34N4O3/c1-34-24-7-8-26-25(15-24)22(9-11-30-26)6-2-5-21-10-13-31(18-23(21)14-27(32)33)12-3-4-20-16-28-19-29-17-20/h7-9,11,15-17,19,21,23H,2-6,10,12-14,18H2,1H3,(H,32,33)/t21-,23+/m1/s1. The molecule has 4 rings (SSSR count). The number of ether oxygens (including phenoxy) is 1. The molecule has 0 radical (unpaired) electrons. The highest BCUT2D eigenvalue weighted by Gasteiger charge is 2.30. The Balaban J connectivity index is 1.31. The summed E-state index contributed by atoms with van der Waals surface area (Å²) in [6.45, 7) is 2.90. The zero-order chi connectivity index (χ0) is 23.8. The van der Waals surface area contributed by atoms with Crippen molar-refractivity contribution in [2.75, 3.05) is 26.7 Å². The van der Waals surface area contributed by atoms with Gasteiger partial charge in [0.05, 0.1) is 12.6 Å². The van der Waals surface area contributed by atoms with E-state index in [0.29, 0.717) is 5.92 Å². The largest absolute Gasteiger partial charge is 0.497 e. The average Bonchev–Trinajstić information content (AvgIpc) is 2.85. The van der Waals surface area contributed by atoms with Crippen molar-refractivity contribution in [1.29, 1.82) is 0 Å². The minimum absolute atomic E-state index is 0.209. The molecule has 1 aliphatic heterocycles. The number of aryl methyl sites for hydroxylation is 2. The predicted octanol–water partition coefficient (Wildman–Crippen LogP) is 4.40. The maximum Gasteiger partial charge on any atom is 0.303 e. The van der Waals surface area contributed by atoms with Crippen LogP contribution in [-0.4, -0.2) is 57.7 Å². The monoisotopic (exact) mass is 462 g/mol. The van der Waals surface area contributed by atoms with Crippen LogP contribution >= 0.6 is 0 Å². The van der Waals surface area contributed by atoms with Crippen LogP contribution in [0.1, 0.15) is 43.2 Å². The Morgan fingerprint density at radius 1 is 1.15 bits per heavy atom. The summed E-state index contributed by atoms with van der Waals surface area (Å²) in [5.74, 6) is 0.819. The molecule has 1 N–H and O–H groups in total. The van der Waals surface area contributed by atoms with Gasteiger partial charge in [-0.25, -0.2) is 9.97 Å². The highest BCUT2D eigenvalue weighted by molar-refractivity contribution is 5.83. The van der Waals surface area contributed by atoms with Crippen molar-refractivity contribution in [3.8, 4) is 5.75 Å². The number of hydrogen-bond acceptors (Lipinski definition) is 6. The van der Waals surface area contributed by atoms with E-state index in [-0.39, 0.29) is 12.3 Å². The van der Waals surface area contributed by atoms with Gasteiger partial charge in [-0.3, -0.25) is 9.78 Å². The smallest absolute Gasteiger partial charge is 0.303 e. The first-order valence-electron chi connectivity index (χ1n) is 12.2. The van der Waals surface area contributed by atoms with E-state index < -0.39 is 5.97 Å². The number of pyridine rings is 1. The number of hydrogen-bond donors (Lipinski definition) is 1. The molecule has 0 saturated carbocycles. The van der Waals surface area contributed by atoms with E-state index in [4.69, 9.17) is 4.74 Å². The lowest BCUT2D eigenvalue weighted by molar-refractivity contribution is -0.139. The molecule has 1 fully saturated rings. The Morgan fingerprint density at radius 3 is 2.79 bits per heavy atom. The molecular weight excluding hydrogens is 428 g/mol. The van der Waals surface area contributed by atoms with Crippen molar-refractivity contribution in [2.45, 2.75) is 44.9 Å². The summed E-state index contributed by atoms with van der Waals surface area (Å²) in [6, 6.07) is 8.10. The molecule has 0 amide bonds. The number of piperidine rings is 1. The van der Waals surface area contributed by atoms with Crippen molar-refractivity contribution in [1.82, 2.24) is 19.9 Å². The summed E-state index contributed by atoms with van der Waals surface area (Å²) in [4.78, 5) is 26.7. The van der Waals surface area contributed by atoms with Crippen LogP contribution in [0.3, 0.4) is 0 Å². The van der Waals surface area contributed by atoms with Gasteiger partial charge >= 0.3 is 5.97 Å². The quantitative estimate of drug-likeness (QED) is 0.452. The second-order valence-corrected chi connectivity index (χ2v) is 9.30. The summed E-state index contributed by atoms with van der Waals surface area (Å²) >= 11 is 0. The molecular formula is C27H34N4O3. The molecule has 0 spiro atoms. The molecule has 1 aromatic carbocycles. The molecule has 1 saturated heterocycles. The number of aliphatic carboxylic acids is 1. The second-order valence-electron chi connectivity index (χ2n) is 9.30. The summed E-state index contributed by atoms with van der Waals surface area (Å²) in [6.07, 6.45) is 13.5. The van der Waals surface area contributed by atoms with Crippen LogP contribution in [-0.2, 0) is 17.6 Å². The minimum Gasteiger partial charge on any atom is -0.497 e. The van der Waals surface area contributed by atoms with Crippen molar-refractivity contribution < 1.29 is 14.6 Å². The fraction of sp³-hybridized carbons (Fsp3) is 0.481. The Morgan fingerprint density at radius 2 is 2.00 bits per heavy atom. The van der Waals surface area contributed by atoms with Gasteiger partial charge in [-0.2, -0.15) is 0 Å². The maximum absolute atomic E-state index is 11.6. The van der Waals surface area contributed by atoms with Crippen LogP contribution in [0.2, 0.25) is 0 Å². The molecule has 1 aliphatic rings. The van der Waals surface area contributed by atoms with E-state index in [0.717, 1.165) is 80.4 Å². The number of carboxylic acid groups (broad SMARTS) is 1. The number of fused-ring (bicyclic) bond motifs is 1. The van der Waals surface area contributed by atoms with Gasteiger partial charge < -0.3 is 14.7 Å². The predicted molar refractivity (Wildman–Crippen MR) is 132 cm³/mol. The second kappa shape index (κ2) is 11.9. The third kappa shape index (κ3) is 6.50. The number of carbonyl (C=O) groups is 1. The molecule has 7 nitrogen and oxygen atoms in total. The van der Waals surface area contributed by atoms with Crippen LogP contribution in [0.25, 0.3) is 10.9 Å². The highest BCUT2D eigenvalue weighted by atomic mass is 16.5. The molecule has 7 heteroatoms. The highest BCUT2D eigenvalue weighted by Crippen LogP contribution is 2.32. The minimum atomic E-state index is -0.689. The zero-order valence-corrected chi connectivity index (χ0v) is 19.9. The Hall–Kier alpha value is -3.06. The lowest BCUT2D eigenvalue weighted by Crippen LogP contribution is -2.41. The van der Waals surface area contributed by atoms with Crippen LogP contribution < -0.4 is 4.74 Å². The van der Waals surface area contributed by atoms with Gasteiger partial charge in [-0.05, 0) is 98.8 Å². The molecule has 0 aliphatic carbocycles. The molecule has 34 heavy (non-hydrogen) atoms. The summed E-state index contributed by atoms with van der Waals surface area (Å²) < 4.78 is 5.40. The number of nitrogens with zero attached hydrogens (tertiary/aromatic N) is 4. The maximum atomic E-state index is 11.6. The van der Waals surface area contributed by atoms with Gasteiger partial charge in [0, 0.05) is 36.9 Å². The SMILES string of the molecule is COc1ccc2nccc(CCC[C@@H]3CCN(CCCc4cncnc4)C[C@@H]3CC(=O)O)c2c1. The van der Waals surface area contributed by atoms with E-state index in [1.54, 1.807) is 13.4 Å². The fourth-order valence-electron chi connectivity index (χ4n) is 5.24. The van der Waals surface area contributed by atoms with Gasteiger partial charge in [-0.15, -0.1) is 0 Å². The fourth-order valence-corrected chi connectivity index (χ4v) is 5.24. The van der Waals surface area contributed by atoms with Crippen molar-refractivity contribution in [3.63, 3.8) is 0 Å². The summed E-state index contributed by atoms with van der Waals surface area (Å²) in [5, 5.41) is 10.7. The van der Waals surface area contributed by atoms with E-state index in [9.17, 15) is 9.90 Å². The average molecular weight is 463 g/mol. The first-order chi connectivity index (χ1) is 16.6. The number of aromatic nitrogens is 3. The van der Waals surface area contributed by atoms with E-state index in [1.807, 2.05) is 30.7 Å². The van der Waals surface area contributed by atoms with E-state index in [1.165, 1.54) is 5.56 Å². The van der Waals surface area contributed by atoms with Crippen LogP contribution in [0.15, 0.2) is 49.2 Å². The van der Waals surface area contributed by atoms with Crippen molar-refractivity contribution in [3.05, 3.63) is 60.3 Å². The first kappa shape index (κ1) is 24.1. The molecule has 180 valence electrons. The number of methoxy groups -OCH3 is 1. The Kier molecular flexibility index (Phi) is 8.41. The molecule has 2 atom stereocenters. The summed E-state index contributed by atoms with van der Waals surface area (Å²) in [5.41, 5.74) is 3.42. The Labute approximate surface area is 201 Å². The molecule has 0 unspecified atom stereocenters. The zero-order valence-electron chi connectivity index (χ0n) is 19.9. The first-order valence-corrected chi connectivity index (χ1v) is 12.2. The van der Waals surface area contributed by atoms with E-state index in [2.05, 4.69) is 32.0 Å². The van der Waals surface area contributed by atoms with Crippen molar-refractivity contribution >= 4 is 16.9 Å². The lowest BCUT2D eigenvalue weighted by atomic mass is 9.79. The van der Waals surface area contributed by atoms with E-state index >= 15 is 0 Å². The van der Waals surface area contributed by atoms with Gasteiger partial charge in [0.15, 0.2) is 0 Å². The number of carboxylic acids is 1. The van der Waals surface area contributed by atoms with Gasteiger partial charge in [0.25, 0.3) is 0 Å². The van der Waals surface area contributed by atoms with Crippen LogP contribution in [0, 0.1) is 11.8 Å². The summed E-state index contributed by atoms with van der Waals surface area (Å²) in [7, 11) is 1.68. The number of benzene rings is 1. The topological polar surface area (TPSA) is 88.4 Å². The third-order valence-electron chi connectivity index (χ3n) is 7.03. The van der Waals surface area contributed by atoms with Crippen LogP contribution in [0.5, 0.6) is 5.75 Å². The number of likely N-dealkylation sites (tertiary alicyclic amines) is 1. The van der Waals surface area contributed by atoms with Gasteiger partial charge in [0.2, 0.25) is 0 Å². The third-order valence-corrected chi connectivity index (χ3v) is 7.03.